The van der Waals surface area contributed by atoms with Crippen LogP contribution in [0.2, 0.25) is 10.2 Å². The summed E-state index contributed by atoms with van der Waals surface area (Å²) in [6.45, 7) is 2.15. The van der Waals surface area contributed by atoms with E-state index >= 15 is 0 Å². The number of pyridine rings is 1. The molecular weight excluding hydrogens is 363 g/mol. The molecular formula is C17H18Cl2N4O2. The number of imidazole rings is 1. The van der Waals surface area contributed by atoms with E-state index < -0.39 is 6.10 Å². The van der Waals surface area contributed by atoms with Crippen molar-refractivity contribution in [3.8, 4) is 0 Å². The van der Waals surface area contributed by atoms with Crippen molar-refractivity contribution in [3.63, 3.8) is 0 Å². The molecule has 2 aromatic heterocycles. The number of anilines is 2. The molecule has 3 rings (SSSR count). The summed E-state index contributed by atoms with van der Waals surface area (Å²) in [7, 11) is 1.73. The van der Waals surface area contributed by atoms with E-state index in [2.05, 4.69) is 10.3 Å². The van der Waals surface area contributed by atoms with E-state index in [9.17, 15) is 9.90 Å². The number of halogens is 2. The van der Waals surface area contributed by atoms with E-state index in [4.69, 9.17) is 23.2 Å². The topological polar surface area (TPSA) is 72.1 Å². The van der Waals surface area contributed by atoms with Crippen LogP contribution in [0.5, 0.6) is 0 Å². The number of nitrogens with one attached hydrogen (secondary N) is 1. The molecule has 1 atom stereocenters. The molecule has 2 heterocycles. The number of fused-ring (bicyclic) bond motifs is 1. The molecule has 0 spiro atoms. The summed E-state index contributed by atoms with van der Waals surface area (Å²) in [5.41, 5.74) is 2.90. The first-order chi connectivity index (χ1) is 11.9. The standard InChI is InChI=1S/C17H18Cl2N4O2/c1-10(24)6-8-23-14-9-11(3-4-13(14)22(2)17(23)25)21-12-5-7-20-16(19)15(12)18/h3-5,7,9-10,24H,6,8H2,1-2H3,(H,20,21)/t10-/m1/s1. The van der Waals surface area contributed by atoms with Gasteiger partial charge in [-0.2, -0.15) is 0 Å². The van der Waals surface area contributed by atoms with Crippen molar-refractivity contribution in [2.24, 2.45) is 7.05 Å². The summed E-state index contributed by atoms with van der Waals surface area (Å²) >= 11 is 12.1. The van der Waals surface area contributed by atoms with Gasteiger partial charge in [-0.3, -0.25) is 9.13 Å². The maximum atomic E-state index is 12.4. The molecule has 132 valence electrons. The van der Waals surface area contributed by atoms with Gasteiger partial charge in [-0.25, -0.2) is 9.78 Å². The van der Waals surface area contributed by atoms with Gasteiger partial charge in [0.15, 0.2) is 0 Å². The van der Waals surface area contributed by atoms with Crippen molar-refractivity contribution < 1.29 is 5.11 Å². The first kappa shape index (κ1) is 17.8. The highest BCUT2D eigenvalue weighted by molar-refractivity contribution is 6.43. The molecule has 0 bridgehead atoms. The van der Waals surface area contributed by atoms with Crippen LogP contribution in [0, 0.1) is 0 Å². The SMILES string of the molecule is C[C@@H](O)CCn1c(=O)n(C)c2ccc(Nc3ccnc(Cl)c3Cl)cc21. The van der Waals surface area contributed by atoms with Crippen molar-refractivity contribution in [1.82, 2.24) is 14.1 Å². The average Bonchev–Trinajstić information content (AvgIpc) is 2.81. The van der Waals surface area contributed by atoms with Crippen LogP contribution in [0.1, 0.15) is 13.3 Å². The molecule has 8 heteroatoms. The number of rotatable bonds is 5. The van der Waals surface area contributed by atoms with Crippen molar-refractivity contribution >= 4 is 45.6 Å². The Kier molecular flexibility index (Phi) is 5.03. The minimum atomic E-state index is -0.471. The second kappa shape index (κ2) is 7.07. The predicted molar refractivity (Wildman–Crippen MR) is 101 cm³/mol. The molecule has 0 saturated carbocycles. The lowest BCUT2D eigenvalue weighted by atomic mass is 10.2. The summed E-state index contributed by atoms with van der Waals surface area (Å²) < 4.78 is 3.26. The van der Waals surface area contributed by atoms with E-state index in [0.29, 0.717) is 23.7 Å². The molecule has 2 N–H and O–H groups in total. The third kappa shape index (κ3) is 3.51. The van der Waals surface area contributed by atoms with Gasteiger partial charge in [0.25, 0.3) is 0 Å². The predicted octanol–water partition coefficient (Wildman–Crippen LogP) is 3.56. The molecule has 1 aromatic carbocycles. The fourth-order valence-corrected chi connectivity index (χ4v) is 3.01. The van der Waals surface area contributed by atoms with Crippen LogP contribution >= 0.6 is 23.2 Å². The molecule has 0 radical (unpaired) electrons. The Morgan fingerprint density at radius 3 is 2.76 bits per heavy atom. The third-order valence-corrected chi connectivity index (χ3v) is 4.81. The van der Waals surface area contributed by atoms with Crippen LogP contribution in [0.25, 0.3) is 11.0 Å². The van der Waals surface area contributed by atoms with Gasteiger partial charge < -0.3 is 10.4 Å². The van der Waals surface area contributed by atoms with Crippen molar-refractivity contribution in [2.45, 2.75) is 26.0 Å². The first-order valence-electron chi connectivity index (χ1n) is 7.83. The molecule has 0 aliphatic heterocycles. The summed E-state index contributed by atoms with van der Waals surface area (Å²) in [4.78, 5) is 16.4. The fourth-order valence-electron chi connectivity index (χ4n) is 2.69. The average molecular weight is 381 g/mol. The lowest BCUT2D eigenvalue weighted by Crippen LogP contribution is -2.23. The first-order valence-corrected chi connectivity index (χ1v) is 8.58. The Labute approximate surface area is 154 Å². The molecule has 25 heavy (non-hydrogen) atoms. The number of aromatic nitrogens is 3. The Hall–Kier alpha value is -2.02. The Bertz CT molecular complexity index is 979. The number of nitrogens with zero attached hydrogens (tertiary/aromatic N) is 3. The zero-order valence-corrected chi connectivity index (χ0v) is 15.3. The van der Waals surface area contributed by atoms with Crippen LogP contribution in [0.4, 0.5) is 11.4 Å². The van der Waals surface area contributed by atoms with Crippen molar-refractivity contribution in [2.75, 3.05) is 5.32 Å². The Balaban J connectivity index is 2.02. The maximum Gasteiger partial charge on any atom is 0.328 e. The van der Waals surface area contributed by atoms with Crippen LogP contribution < -0.4 is 11.0 Å². The highest BCUT2D eigenvalue weighted by atomic mass is 35.5. The minimum absolute atomic E-state index is 0.113. The van der Waals surface area contributed by atoms with E-state index in [1.807, 2.05) is 18.2 Å². The lowest BCUT2D eigenvalue weighted by Gasteiger charge is -2.10. The lowest BCUT2D eigenvalue weighted by molar-refractivity contribution is 0.178. The van der Waals surface area contributed by atoms with Gasteiger partial charge in [-0.05, 0) is 37.6 Å². The summed E-state index contributed by atoms with van der Waals surface area (Å²) in [6, 6.07) is 7.34. The van der Waals surface area contributed by atoms with E-state index in [0.717, 1.165) is 16.7 Å². The van der Waals surface area contributed by atoms with Crippen LogP contribution in [0.3, 0.4) is 0 Å². The van der Waals surface area contributed by atoms with E-state index in [-0.39, 0.29) is 10.8 Å². The fraction of sp³-hybridized carbons (Fsp3) is 0.294. The number of hydrogen-bond donors (Lipinski definition) is 2. The second-order valence-corrected chi connectivity index (χ2v) is 6.66. The van der Waals surface area contributed by atoms with Gasteiger partial charge in [-0.1, -0.05) is 23.2 Å². The quantitative estimate of drug-likeness (QED) is 0.663. The Morgan fingerprint density at radius 1 is 1.28 bits per heavy atom. The summed E-state index contributed by atoms with van der Waals surface area (Å²) in [6.07, 6.45) is 1.60. The largest absolute Gasteiger partial charge is 0.393 e. The summed E-state index contributed by atoms with van der Waals surface area (Å²) in [5, 5.41) is 13.3. The number of benzene rings is 1. The number of aryl methyl sites for hydroxylation is 2. The molecule has 0 amide bonds. The smallest absolute Gasteiger partial charge is 0.328 e. The van der Waals surface area contributed by atoms with Crippen molar-refractivity contribution in [3.05, 3.63) is 51.1 Å². The second-order valence-electron chi connectivity index (χ2n) is 5.92. The highest BCUT2D eigenvalue weighted by Gasteiger charge is 2.13. The third-order valence-electron chi connectivity index (χ3n) is 4.04. The zero-order chi connectivity index (χ0) is 18.1. The molecule has 3 aromatic rings. The normalized spacial score (nSPS) is 12.5. The molecule has 0 aliphatic rings. The van der Waals surface area contributed by atoms with Crippen LogP contribution in [-0.2, 0) is 13.6 Å². The van der Waals surface area contributed by atoms with Crippen LogP contribution in [-0.4, -0.2) is 25.3 Å². The highest BCUT2D eigenvalue weighted by Crippen LogP contribution is 2.31. The molecule has 6 nitrogen and oxygen atoms in total. The Morgan fingerprint density at radius 2 is 2.04 bits per heavy atom. The van der Waals surface area contributed by atoms with Crippen molar-refractivity contribution in [1.29, 1.82) is 0 Å². The number of aliphatic hydroxyl groups excluding tert-OH is 1. The summed E-state index contributed by atoms with van der Waals surface area (Å²) in [5.74, 6) is 0. The van der Waals surface area contributed by atoms with Gasteiger partial charge in [0.1, 0.15) is 10.2 Å². The monoisotopic (exact) mass is 380 g/mol. The molecule has 0 fully saturated rings. The molecule has 0 unspecified atom stereocenters. The van der Waals surface area contributed by atoms with E-state index in [1.165, 1.54) is 0 Å². The molecule has 0 aliphatic carbocycles. The molecule has 0 saturated heterocycles. The number of aliphatic hydroxyl groups is 1. The van der Waals surface area contributed by atoms with Gasteiger partial charge in [-0.15, -0.1) is 0 Å². The van der Waals surface area contributed by atoms with Gasteiger partial charge in [0.05, 0.1) is 22.8 Å². The van der Waals surface area contributed by atoms with Gasteiger partial charge in [0.2, 0.25) is 0 Å². The number of hydrogen-bond acceptors (Lipinski definition) is 4. The van der Waals surface area contributed by atoms with Crippen LogP contribution in [0.15, 0.2) is 35.3 Å². The van der Waals surface area contributed by atoms with E-state index in [1.54, 1.807) is 35.4 Å². The minimum Gasteiger partial charge on any atom is -0.393 e. The van der Waals surface area contributed by atoms with Gasteiger partial charge >= 0.3 is 5.69 Å². The van der Waals surface area contributed by atoms with Gasteiger partial charge in [0, 0.05) is 25.5 Å². The zero-order valence-electron chi connectivity index (χ0n) is 13.8. The maximum absolute atomic E-state index is 12.4.